The molecule has 1 aliphatic carbocycles. The van der Waals surface area contributed by atoms with E-state index in [0.717, 1.165) is 22.9 Å². The van der Waals surface area contributed by atoms with E-state index in [1.807, 2.05) is 0 Å². The predicted octanol–water partition coefficient (Wildman–Crippen LogP) is 4.79. The smallest absolute Gasteiger partial charge is 0.136 e. The van der Waals surface area contributed by atoms with Gasteiger partial charge in [0.2, 0.25) is 0 Å². The van der Waals surface area contributed by atoms with Crippen LogP contribution in [-0.2, 0) is 12.8 Å². The van der Waals surface area contributed by atoms with Crippen LogP contribution in [0.1, 0.15) is 23.3 Å². The van der Waals surface area contributed by atoms with Crippen LogP contribution in [0.15, 0.2) is 6.07 Å². The summed E-state index contributed by atoms with van der Waals surface area (Å²) in [7, 11) is 0. The molecular formula is C12H10Cl2OS. The maximum atomic E-state index is 9.71. The molecule has 1 nitrogen and oxygen atoms in total. The van der Waals surface area contributed by atoms with E-state index in [1.165, 1.54) is 23.3 Å². The molecule has 1 aliphatic rings. The summed E-state index contributed by atoms with van der Waals surface area (Å²) in [6.07, 6.45) is 4.69. The number of fused-ring (bicyclic) bond motifs is 3. The largest absolute Gasteiger partial charge is 0.506 e. The first-order valence-corrected chi connectivity index (χ1v) is 6.87. The van der Waals surface area contributed by atoms with Crippen LogP contribution < -0.4 is 0 Å². The van der Waals surface area contributed by atoms with Crippen LogP contribution in [-0.4, -0.2) is 5.11 Å². The third-order valence-electron chi connectivity index (χ3n) is 3.11. The quantitative estimate of drug-likeness (QED) is 0.731. The molecule has 0 fully saturated rings. The molecule has 1 aromatic carbocycles. The Bertz CT molecular complexity index is 574. The molecule has 0 saturated carbocycles. The standard InChI is InChI=1S/C12H10Cl2OS/c13-10-8(15)5-7-6-3-1-2-4-9(6)16-12(7)11(10)14/h5,15H,1-4H2. The van der Waals surface area contributed by atoms with Gasteiger partial charge in [-0.15, -0.1) is 11.3 Å². The van der Waals surface area contributed by atoms with Crippen molar-refractivity contribution in [2.75, 3.05) is 0 Å². The molecule has 0 spiro atoms. The predicted molar refractivity (Wildman–Crippen MR) is 70.2 cm³/mol. The maximum Gasteiger partial charge on any atom is 0.136 e. The molecule has 0 unspecified atom stereocenters. The maximum absolute atomic E-state index is 9.71. The van der Waals surface area contributed by atoms with E-state index in [2.05, 4.69) is 0 Å². The van der Waals surface area contributed by atoms with E-state index in [1.54, 1.807) is 17.4 Å². The summed E-state index contributed by atoms with van der Waals surface area (Å²) in [5.41, 5.74) is 1.36. The van der Waals surface area contributed by atoms with E-state index < -0.39 is 0 Å². The second kappa shape index (κ2) is 3.80. The molecule has 0 saturated heterocycles. The van der Waals surface area contributed by atoms with Gasteiger partial charge in [-0.05, 0) is 37.3 Å². The minimum atomic E-state index is 0.0883. The van der Waals surface area contributed by atoms with Crippen LogP contribution in [0.2, 0.25) is 10.0 Å². The van der Waals surface area contributed by atoms with Gasteiger partial charge in [0.25, 0.3) is 0 Å². The number of hydrogen-bond acceptors (Lipinski definition) is 2. The Morgan fingerprint density at radius 1 is 1.12 bits per heavy atom. The zero-order chi connectivity index (χ0) is 11.3. The van der Waals surface area contributed by atoms with Crippen LogP contribution in [0, 0.1) is 0 Å². The number of thiophene rings is 1. The second-order valence-corrected chi connectivity index (χ2v) is 5.97. The molecule has 1 heterocycles. The van der Waals surface area contributed by atoms with Crippen LogP contribution in [0.4, 0.5) is 0 Å². The third-order valence-corrected chi connectivity index (χ3v) is 5.40. The number of rotatable bonds is 0. The fourth-order valence-corrected chi connectivity index (χ4v) is 4.15. The van der Waals surface area contributed by atoms with Gasteiger partial charge in [0.15, 0.2) is 0 Å². The van der Waals surface area contributed by atoms with Crippen molar-refractivity contribution >= 4 is 44.6 Å². The van der Waals surface area contributed by atoms with Crippen LogP contribution in [0.25, 0.3) is 10.1 Å². The van der Waals surface area contributed by atoms with Crippen molar-refractivity contribution in [3.05, 3.63) is 26.6 Å². The van der Waals surface area contributed by atoms with Gasteiger partial charge in [0, 0.05) is 10.3 Å². The molecule has 2 aromatic rings. The summed E-state index contributed by atoms with van der Waals surface area (Å²) in [5.74, 6) is 0.0883. The summed E-state index contributed by atoms with van der Waals surface area (Å²) >= 11 is 13.8. The van der Waals surface area contributed by atoms with Gasteiger partial charge >= 0.3 is 0 Å². The molecule has 3 rings (SSSR count). The van der Waals surface area contributed by atoms with E-state index in [4.69, 9.17) is 23.2 Å². The van der Waals surface area contributed by atoms with Gasteiger partial charge in [-0.3, -0.25) is 0 Å². The van der Waals surface area contributed by atoms with Crippen molar-refractivity contribution in [1.82, 2.24) is 0 Å². The van der Waals surface area contributed by atoms with E-state index in [9.17, 15) is 5.11 Å². The molecule has 0 radical (unpaired) electrons. The normalized spacial score (nSPS) is 15.4. The molecule has 0 aliphatic heterocycles. The summed E-state index contributed by atoms with van der Waals surface area (Å²) < 4.78 is 1.02. The van der Waals surface area contributed by atoms with Crippen LogP contribution in [0.5, 0.6) is 5.75 Å². The van der Waals surface area contributed by atoms with Gasteiger partial charge in [-0.25, -0.2) is 0 Å². The van der Waals surface area contributed by atoms with Crippen LogP contribution >= 0.6 is 34.5 Å². The molecular weight excluding hydrogens is 263 g/mol. The summed E-state index contributed by atoms with van der Waals surface area (Å²) in [6.45, 7) is 0. The second-order valence-electron chi connectivity index (χ2n) is 4.11. The van der Waals surface area contributed by atoms with E-state index in [-0.39, 0.29) is 10.8 Å². The highest BCUT2D eigenvalue weighted by Gasteiger charge is 2.20. The van der Waals surface area contributed by atoms with Crippen molar-refractivity contribution < 1.29 is 5.11 Å². The average molecular weight is 273 g/mol. The molecule has 0 bridgehead atoms. The Kier molecular flexibility index (Phi) is 2.54. The van der Waals surface area contributed by atoms with E-state index in [0.29, 0.717) is 5.02 Å². The number of hydrogen-bond donors (Lipinski definition) is 1. The Hall–Kier alpha value is -0.440. The number of halogens is 2. The lowest BCUT2D eigenvalue weighted by Gasteiger charge is -2.10. The first-order valence-electron chi connectivity index (χ1n) is 5.29. The zero-order valence-electron chi connectivity index (χ0n) is 8.52. The third kappa shape index (κ3) is 1.44. The van der Waals surface area contributed by atoms with Crippen molar-refractivity contribution in [2.24, 2.45) is 0 Å². The highest BCUT2D eigenvalue weighted by Crippen LogP contribution is 2.45. The fraction of sp³-hybridized carbons (Fsp3) is 0.333. The van der Waals surface area contributed by atoms with Gasteiger partial charge in [0.1, 0.15) is 10.8 Å². The molecule has 0 amide bonds. The van der Waals surface area contributed by atoms with Gasteiger partial charge in [-0.2, -0.15) is 0 Å². The number of phenols is 1. The number of phenolic OH excluding ortho intramolecular Hbond substituents is 1. The monoisotopic (exact) mass is 272 g/mol. The van der Waals surface area contributed by atoms with Gasteiger partial charge in [0.05, 0.1) is 9.72 Å². The average Bonchev–Trinajstić information content (AvgIpc) is 2.65. The fourth-order valence-electron chi connectivity index (χ4n) is 2.32. The SMILES string of the molecule is Oc1cc2c3c(sc2c(Cl)c1Cl)CCCC3. The minimum Gasteiger partial charge on any atom is -0.506 e. The Morgan fingerprint density at radius 3 is 2.69 bits per heavy atom. The number of aromatic hydroxyl groups is 1. The highest BCUT2D eigenvalue weighted by atomic mass is 35.5. The van der Waals surface area contributed by atoms with Crippen molar-refractivity contribution in [3.63, 3.8) is 0 Å². The van der Waals surface area contributed by atoms with Crippen molar-refractivity contribution in [2.45, 2.75) is 25.7 Å². The first kappa shape index (κ1) is 10.7. The zero-order valence-corrected chi connectivity index (χ0v) is 10.8. The Morgan fingerprint density at radius 2 is 1.88 bits per heavy atom. The van der Waals surface area contributed by atoms with Gasteiger partial charge in [-0.1, -0.05) is 23.2 Å². The minimum absolute atomic E-state index is 0.0883. The topological polar surface area (TPSA) is 20.2 Å². The Labute approximate surface area is 108 Å². The molecule has 1 aromatic heterocycles. The summed E-state index contributed by atoms with van der Waals surface area (Å²) in [6, 6.07) is 1.75. The summed E-state index contributed by atoms with van der Waals surface area (Å²) in [5, 5.41) is 11.6. The molecule has 4 heteroatoms. The lowest BCUT2D eigenvalue weighted by atomic mass is 9.96. The number of aryl methyl sites for hydroxylation is 2. The Balaban J connectivity index is 2.39. The molecule has 84 valence electrons. The summed E-state index contributed by atoms with van der Waals surface area (Å²) in [4.78, 5) is 1.41. The lowest BCUT2D eigenvalue weighted by molar-refractivity contribution is 0.476. The van der Waals surface area contributed by atoms with Crippen LogP contribution in [0.3, 0.4) is 0 Å². The molecule has 1 N–H and O–H groups in total. The van der Waals surface area contributed by atoms with Crippen molar-refractivity contribution in [1.29, 1.82) is 0 Å². The molecule has 16 heavy (non-hydrogen) atoms. The highest BCUT2D eigenvalue weighted by molar-refractivity contribution is 7.20. The van der Waals surface area contributed by atoms with Crippen molar-refractivity contribution in [3.8, 4) is 5.75 Å². The van der Waals surface area contributed by atoms with E-state index >= 15 is 0 Å². The van der Waals surface area contributed by atoms with Gasteiger partial charge < -0.3 is 5.11 Å². The number of benzene rings is 1. The molecule has 0 atom stereocenters. The lowest BCUT2D eigenvalue weighted by Crippen LogP contribution is -1.97. The first-order chi connectivity index (χ1) is 7.68.